The van der Waals surface area contributed by atoms with Crippen LogP contribution in [-0.4, -0.2) is 50.2 Å². The average molecular weight is 368 g/mol. The third-order valence-electron chi connectivity index (χ3n) is 5.59. The van der Waals surface area contributed by atoms with Crippen molar-refractivity contribution in [3.63, 3.8) is 0 Å². The molecule has 1 saturated heterocycles. The van der Waals surface area contributed by atoms with E-state index in [1.807, 2.05) is 6.07 Å². The molecule has 2 aliphatic rings. The standard InChI is InChI=1S/C19H20N4O4/c20-17(24)15-9-14(21-23(15)12-6-2-1-3-7-12)18(25)22-10-11-5-4-8-13(11)16(22)19(26)27/h1-3,6-7,9,11,13,16H,4-5,8,10H2,(H2,20,24)(H,26,27). The van der Waals surface area contributed by atoms with Gasteiger partial charge in [-0.3, -0.25) is 9.59 Å². The molecule has 1 aromatic carbocycles. The van der Waals surface area contributed by atoms with Gasteiger partial charge in [0.25, 0.3) is 11.8 Å². The van der Waals surface area contributed by atoms with Gasteiger partial charge in [0, 0.05) is 12.6 Å². The highest BCUT2D eigenvalue weighted by molar-refractivity contribution is 5.99. The van der Waals surface area contributed by atoms with Crippen LogP contribution in [0.5, 0.6) is 0 Å². The van der Waals surface area contributed by atoms with E-state index in [0.717, 1.165) is 19.3 Å². The van der Waals surface area contributed by atoms with Gasteiger partial charge in [-0.05, 0) is 36.8 Å². The Morgan fingerprint density at radius 3 is 2.56 bits per heavy atom. The summed E-state index contributed by atoms with van der Waals surface area (Å²) in [6.45, 7) is 0.407. The molecule has 27 heavy (non-hydrogen) atoms. The van der Waals surface area contributed by atoms with E-state index >= 15 is 0 Å². The van der Waals surface area contributed by atoms with Gasteiger partial charge in [-0.2, -0.15) is 5.10 Å². The molecule has 3 unspecified atom stereocenters. The molecule has 140 valence electrons. The smallest absolute Gasteiger partial charge is 0.326 e. The van der Waals surface area contributed by atoms with Gasteiger partial charge in [0.05, 0.1) is 5.69 Å². The maximum atomic E-state index is 13.0. The number of primary amides is 1. The number of nitrogens with zero attached hydrogens (tertiary/aromatic N) is 3. The van der Waals surface area contributed by atoms with Crippen LogP contribution in [0.25, 0.3) is 5.69 Å². The van der Waals surface area contributed by atoms with Crippen molar-refractivity contribution in [2.75, 3.05) is 6.54 Å². The molecule has 0 bridgehead atoms. The summed E-state index contributed by atoms with van der Waals surface area (Å²) in [5, 5.41) is 13.9. The number of amides is 2. The Bertz CT molecular complexity index is 908. The fourth-order valence-corrected chi connectivity index (χ4v) is 4.41. The van der Waals surface area contributed by atoms with Crippen LogP contribution < -0.4 is 5.73 Å². The lowest BCUT2D eigenvalue weighted by Crippen LogP contribution is -2.43. The number of rotatable bonds is 4. The first kappa shape index (κ1) is 17.3. The number of carbonyl (C=O) groups is 3. The predicted molar refractivity (Wildman–Crippen MR) is 95.4 cm³/mol. The molecule has 2 aromatic rings. The lowest BCUT2D eigenvalue weighted by molar-refractivity contribution is -0.142. The minimum Gasteiger partial charge on any atom is -0.480 e. The van der Waals surface area contributed by atoms with E-state index in [2.05, 4.69) is 5.10 Å². The van der Waals surface area contributed by atoms with Gasteiger partial charge in [0.2, 0.25) is 0 Å². The Hall–Kier alpha value is -3.16. The number of carbonyl (C=O) groups excluding carboxylic acids is 2. The molecule has 1 aromatic heterocycles. The number of aliphatic carboxylic acids is 1. The zero-order valence-electron chi connectivity index (χ0n) is 14.6. The molecule has 1 saturated carbocycles. The minimum absolute atomic E-state index is 0.0155. The summed E-state index contributed by atoms with van der Waals surface area (Å²) >= 11 is 0. The molecule has 2 heterocycles. The number of hydrogen-bond donors (Lipinski definition) is 2. The van der Waals surface area contributed by atoms with Crippen molar-refractivity contribution in [3.8, 4) is 5.69 Å². The number of carboxylic acids is 1. The van der Waals surface area contributed by atoms with Crippen LogP contribution in [0.2, 0.25) is 0 Å². The highest BCUT2D eigenvalue weighted by atomic mass is 16.4. The summed E-state index contributed by atoms with van der Waals surface area (Å²) in [6.07, 6.45) is 2.75. The lowest BCUT2D eigenvalue weighted by atomic mass is 9.94. The zero-order valence-corrected chi connectivity index (χ0v) is 14.6. The Kier molecular flexibility index (Phi) is 4.18. The van der Waals surface area contributed by atoms with Crippen LogP contribution in [0.4, 0.5) is 0 Å². The number of hydrogen-bond acceptors (Lipinski definition) is 4. The molecule has 0 radical (unpaired) electrons. The second-order valence-corrected chi connectivity index (χ2v) is 7.12. The minimum atomic E-state index is -0.990. The summed E-state index contributed by atoms with van der Waals surface area (Å²) < 4.78 is 1.32. The molecule has 2 fully saturated rings. The van der Waals surface area contributed by atoms with Crippen LogP contribution in [0.3, 0.4) is 0 Å². The number of carboxylic acid groups (broad SMARTS) is 1. The second-order valence-electron chi connectivity index (χ2n) is 7.12. The number of nitrogens with two attached hydrogens (primary N) is 1. The van der Waals surface area contributed by atoms with Crippen LogP contribution in [0.15, 0.2) is 36.4 Å². The Labute approximate surface area is 155 Å². The van der Waals surface area contributed by atoms with Gasteiger partial charge in [0.15, 0.2) is 5.69 Å². The molecule has 8 nitrogen and oxygen atoms in total. The highest BCUT2D eigenvalue weighted by Gasteiger charge is 2.50. The third-order valence-corrected chi connectivity index (χ3v) is 5.59. The van der Waals surface area contributed by atoms with E-state index in [-0.39, 0.29) is 23.2 Å². The Morgan fingerprint density at radius 1 is 1.15 bits per heavy atom. The van der Waals surface area contributed by atoms with E-state index in [1.54, 1.807) is 24.3 Å². The van der Waals surface area contributed by atoms with Gasteiger partial charge in [-0.25, -0.2) is 9.48 Å². The van der Waals surface area contributed by atoms with Gasteiger partial charge >= 0.3 is 5.97 Å². The maximum absolute atomic E-state index is 13.0. The number of likely N-dealkylation sites (tertiary alicyclic amines) is 1. The SMILES string of the molecule is NC(=O)c1cc(C(=O)N2CC3CCCC3C2C(=O)O)nn1-c1ccccc1. The summed E-state index contributed by atoms with van der Waals surface area (Å²) in [4.78, 5) is 38.1. The largest absolute Gasteiger partial charge is 0.480 e. The number of fused-ring (bicyclic) bond motifs is 1. The molecule has 8 heteroatoms. The van der Waals surface area contributed by atoms with E-state index in [4.69, 9.17) is 5.73 Å². The first-order chi connectivity index (χ1) is 13.0. The summed E-state index contributed by atoms with van der Waals surface area (Å²) in [5.74, 6) is -1.98. The van der Waals surface area contributed by atoms with Crippen LogP contribution in [0.1, 0.15) is 40.2 Å². The molecule has 3 N–H and O–H groups in total. The van der Waals surface area contributed by atoms with Crippen molar-refractivity contribution in [1.29, 1.82) is 0 Å². The lowest BCUT2D eigenvalue weighted by Gasteiger charge is -2.23. The maximum Gasteiger partial charge on any atom is 0.326 e. The van der Waals surface area contributed by atoms with Crippen molar-refractivity contribution < 1.29 is 19.5 Å². The van der Waals surface area contributed by atoms with E-state index < -0.39 is 23.8 Å². The normalized spacial score (nSPS) is 24.0. The van der Waals surface area contributed by atoms with Crippen molar-refractivity contribution in [2.24, 2.45) is 17.6 Å². The molecule has 2 amide bonds. The number of para-hydroxylation sites is 1. The van der Waals surface area contributed by atoms with Gasteiger partial charge in [-0.15, -0.1) is 0 Å². The second kappa shape index (κ2) is 6.53. The molecule has 0 spiro atoms. The van der Waals surface area contributed by atoms with Gasteiger partial charge < -0.3 is 15.7 Å². The summed E-state index contributed by atoms with van der Waals surface area (Å²) in [6, 6.07) is 9.37. The molecule has 1 aliphatic carbocycles. The molecular weight excluding hydrogens is 348 g/mol. The van der Waals surface area contributed by atoms with Gasteiger partial charge in [-0.1, -0.05) is 24.6 Å². The molecule has 1 aliphatic heterocycles. The Balaban J connectivity index is 1.70. The fraction of sp³-hybridized carbons (Fsp3) is 0.368. The van der Waals surface area contributed by atoms with Crippen LogP contribution in [-0.2, 0) is 4.79 Å². The van der Waals surface area contributed by atoms with E-state index in [1.165, 1.54) is 15.6 Å². The third kappa shape index (κ3) is 2.87. The molecule has 4 rings (SSSR count). The first-order valence-corrected chi connectivity index (χ1v) is 8.96. The highest BCUT2D eigenvalue weighted by Crippen LogP contribution is 2.42. The van der Waals surface area contributed by atoms with E-state index in [9.17, 15) is 19.5 Å². The number of aromatic nitrogens is 2. The van der Waals surface area contributed by atoms with Crippen LogP contribution >= 0.6 is 0 Å². The summed E-state index contributed by atoms with van der Waals surface area (Å²) in [5.41, 5.74) is 6.15. The zero-order chi connectivity index (χ0) is 19.1. The van der Waals surface area contributed by atoms with Crippen molar-refractivity contribution in [1.82, 2.24) is 14.7 Å². The summed E-state index contributed by atoms with van der Waals surface area (Å²) in [7, 11) is 0. The van der Waals surface area contributed by atoms with Crippen molar-refractivity contribution >= 4 is 17.8 Å². The van der Waals surface area contributed by atoms with Crippen LogP contribution in [0, 0.1) is 11.8 Å². The van der Waals surface area contributed by atoms with E-state index in [0.29, 0.717) is 12.2 Å². The monoisotopic (exact) mass is 368 g/mol. The average Bonchev–Trinajstić information content (AvgIpc) is 3.35. The molecule has 3 atom stereocenters. The topological polar surface area (TPSA) is 119 Å². The van der Waals surface area contributed by atoms with Gasteiger partial charge in [0.1, 0.15) is 11.7 Å². The quantitative estimate of drug-likeness (QED) is 0.843. The fourth-order valence-electron chi connectivity index (χ4n) is 4.41. The Morgan fingerprint density at radius 2 is 1.89 bits per heavy atom. The molecular formula is C19H20N4O4. The van der Waals surface area contributed by atoms with Crippen molar-refractivity contribution in [3.05, 3.63) is 47.8 Å². The predicted octanol–water partition coefficient (Wildman–Crippen LogP) is 1.30. The van der Waals surface area contributed by atoms with Crippen molar-refractivity contribution in [2.45, 2.75) is 25.3 Å². The first-order valence-electron chi connectivity index (χ1n) is 8.96. The number of benzene rings is 1.